The highest BCUT2D eigenvalue weighted by Crippen LogP contribution is 2.24. The minimum Gasteiger partial charge on any atom is -0.492 e. The normalized spacial score (nSPS) is 9.89. The molecule has 3 rings (SSSR count). The first-order chi connectivity index (χ1) is 21.6. The van der Waals surface area contributed by atoms with Crippen LogP contribution in [0.1, 0.15) is 71.2 Å². The highest BCUT2D eigenvalue weighted by molar-refractivity contribution is 6.05. The first-order valence-electron chi connectivity index (χ1n) is 14.5. The van der Waals surface area contributed by atoms with Crippen molar-refractivity contribution in [2.24, 2.45) is 0 Å². The predicted octanol–water partition coefficient (Wildman–Crippen LogP) is 7.30. The van der Waals surface area contributed by atoms with E-state index in [4.69, 9.17) is 18.9 Å². The molecule has 0 unspecified atom stereocenters. The number of aldehydes is 1. The number of hydrogen-bond acceptors (Lipinski definition) is 9. The van der Waals surface area contributed by atoms with Crippen molar-refractivity contribution in [3.05, 3.63) is 109 Å². The van der Waals surface area contributed by atoms with Gasteiger partial charge in [0.15, 0.2) is 0 Å². The first kappa shape index (κ1) is 35.8. The zero-order valence-electron chi connectivity index (χ0n) is 26.7. The van der Waals surface area contributed by atoms with E-state index < -0.39 is 0 Å². The SMILES string of the molecule is C=C(OCC)c1cc(NC(=O)c2cccc(C=O)c2)cc(C(=C)OCC)n1.C=C(OCC)c1cc(NC)cc(C(=C)OCC)n1. The van der Waals surface area contributed by atoms with Crippen LogP contribution in [0.5, 0.6) is 0 Å². The summed E-state index contributed by atoms with van der Waals surface area (Å²) in [5.74, 6) is 1.48. The smallest absolute Gasteiger partial charge is 0.255 e. The molecule has 1 amide bonds. The minimum absolute atomic E-state index is 0.356. The van der Waals surface area contributed by atoms with Gasteiger partial charge in [0.05, 0.1) is 26.4 Å². The van der Waals surface area contributed by atoms with Gasteiger partial charge in [-0.1, -0.05) is 38.4 Å². The van der Waals surface area contributed by atoms with Crippen LogP contribution in [0.25, 0.3) is 23.0 Å². The van der Waals surface area contributed by atoms with Gasteiger partial charge in [-0.2, -0.15) is 0 Å². The van der Waals surface area contributed by atoms with Gasteiger partial charge >= 0.3 is 0 Å². The number of carbonyl (C=O) groups excluding carboxylic acids is 2. The molecule has 0 spiro atoms. The van der Waals surface area contributed by atoms with Crippen LogP contribution in [-0.4, -0.2) is 55.6 Å². The zero-order chi connectivity index (χ0) is 33.4. The van der Waals surface area contributed by atoms with Crippen LogP contribution in [0.2, 0.25) is 0 Å². The van der Waals surface area contributed by atoms with Gasteiger partial charge in [-0.3, -0.25) is 9.59 Å². The number of nitrogens with one attached hydrogen (secondary N) is 2. The van der Waals surface area contributed by atoms with E-state index in [1.807, 2.05) is 46.9 Å². The molecule has 2 heterocycles. The average molecular weight is 615 g/mol. The number of hydrogen-bond donors (Lipinski definition) is 2. The first-order valence-corrected chi connectivity index (χ1v) is 14.5. The van der Waals surface area contributed by atoms with Crippen molar-refractivity contribution in [1.82, 2.24) is 9.97 Å². The van der Waals surface area contributed by atoms with Crippen molar-refractivity contribution in [1.29, 1.82) is 0 Å². The number of nitrogens with zero attached hydrogens (tertiary/aromatic N) is 2. The van der Waals surface area contributed by atoms with E-state index in [9.17, 15) is 9.59 Å². The maximum atomic E-state index is 12.5. The highest BCUT2D eigenvalue weighted by atomic mass is 16.5. The summed E-state index contributed by atoms with van der Waals surface area (Å²) in [5, 5.41) is 5.86. The van der Waals surface area contributed by atoms with E-state index in [2.05, 4.69) is 46.9 Å². The van der Waals surface area contributed by atoms with E-state index >= 15 is 0 Å². The zero-order valence-corrected chi connectivity index (χ0v) is 26.7. The van der Waals surface area contributed by atoms with Crippen LogP contribution >= 0.6 is 0 Å². The Bertz CT molecular complexity index is 1460. The van der Waals surface area contributed by atoms with Crippen molar-refractivity contribution in [3.63, 3.8) is 0 Å². The van der Waals surface area contributed by atoms with Gasteiger partial charge in [-0.05, 0) is 64.1 Å². The van der Waals surface area contributed by atoms with E-state index in [0.29, 0.717) is 95.3 Å². The molecule has 2 aromatic heterocycles. The van der Waals surface area contributed by atoms with E-state index in [0.717, 1.165) is 5.69 Å². The molecule has 10 heteroatoms. The Morgan fingerprint density at radius 1 is 0.689 bits per heavy atom. The summed E-state index contributed by atoms with van der Waals surface area (Å²) in [6, 6.07) is 13.5. The lowest BCUT2D eigenvalue weighted by atomic mass is 10.1. The largest absolute Gasteiger partial charge is 0.492 e. The fraction of sp³-hybridized carbons (Fsp3) is 0.257. The molecule has 0 radical (unpaired) electrons. The van der Waals surface area contributed by atoms with Crippen molar-refractivity contribution < 1.29 is 28.5 Å². The Balaban J connectivity index is 0.000000341. The van der Waals surface area contributed by atoms with Gasteiger partial charge < -0.3 is 29.6 Å². The number of amides is 1. The van der Waals surface area contributed by atoms with Crippen LogP contribution in [0.3, 0.4) is 0 Å². The number of ether oxygens (including phenoxy) is 4. The average Bonchev–Trinajstić information content (AvgIpc) is 3.05. The molecule has 238 valence electrons. The van der Waals surface area contributed by atoms with Crippen LogP contribution < -0.4 is 10.6 Å². The number of benzene rings is 1. The quantitative estimate of drug-likeness (QED) is 0.126. The third-order valence-corrected chi connectivity index (χ3v) is 5.90. The van der Waals surface area contributed by atoms with Crippen LogP contribution in [-0.2, 0) is 18.9 Å². The Morgan fingerprint density at radius 3 is 1.44 bits per heavy atom. The number of anilines is 2. The number of carbonyl (C=O) groups is 2. The third-order valence-electron chi connectivity index (χ3n) is 5.90. The summed E-state index contributed by atoms with van der Waals surface area (Å²) >= 11 is 0. The third kappa shape index (κ3) is 11.0. The van der Waals surface area contributed by atoms with E-state index in [1.54, 1.807) is 30.3 Å². The molecule has 0 aliphatic heterocycles. The summed E-state index contributed by atoms with van der Waals surface area (Å²) < 4.78 is 21.6. The van der Waals surface area contributed by atoms with Gasteiger partial charge in [0, 0.05) is 29.5 Å². The highest BCUT2D eigenvalue weighted by Gasteiger charge is 2.13. The van der Waals surface area contributed by atoms with Gasteiger partial charge in [0.1, 0.15) is 52.1 Å². The molecule has 1 aromatic carbocycles. The van der Waals surface area contributed by atoms with Crippen molar-refractivity contribution in [3.8, 4) is 0 Å². The molecular weight excluding hydrogens is 572 g/mol. The lowest BCUT2D eigenvalue weighted by molar-refractivity contribution is 0.102. The molecule has 3 aromatic rings. The molecule has 0 bridgehead atoms. The summed E-state index contributed by atoms with van der Waals surface area (Å²) in [7, 11) is 1.84. The maximum Gasteiger partial charge on any atom is 0.255 e. The van der Waals surface area contributed by atoms with Crippen molar-refractivity contribution in [2.45, 2.75) is 27.7 Å². The molecule has 0 fully saturated rings. The van der Waals surface area contributed by atoms with Crippen molar-refractivity contribution >= 4 is 46.6 Å². The molecule has 0 aliphatic carbocycles. The molecule has 0 saturated carbocycles. The second-order valence-electron chi connectivity index (χ2n) is 9.12. The summed E-state index contributed by atoms with van der Waals surface area (Å²) in [6.07, 6.45) is 0.692. The van der Waals surface area contributed by atoms with Crippen LogP contribution in [0.4, 0.5) is 11.4 Å². The molecule has 45 heavy (non-hydrogen) atoms. The Kier molecular flexibility index (Phi) is 14.6. The molecule has 0 aliphatic rings. The number of aromatic nitrogens is 2. The summed E-state index contributed by atoms with van der Waals surface area (Å²) in [6.45, 7) is 24.9. The number of rotatable bonds is 16. The summed E-state index contributed by atoms with van der Waals surface area (Å²) in [4.78, 5) is 32.3. The van der Waals surface area contributed by atoms with Gasteiger partial charge in [0.2, 0.25) is 0 Å². The Morgan fingerprint density at radius 2 is 1.09 bits per heavy atom. The van der Waals surface area contributed by atoms with Gasteiger partial charge in [-0.15, -0.1) is 0 Å². The topological polar surface area (TPSA) is 121 Å². The lowest BCUT2D eigenvalue weighted by Crippen LogP contribution is -2.13. The number of pyridine rings is 2. The van der Waals surface area contributed by atoms with E-state index in [1.165, 1.54) is 6.07 Å². The second-order valence-corrected chi connectivity index (χ2v) is 9.12. The van der Waals surface area contributed by atoms with Crippen LogP contribution in [0, 0.1) is 0 Å². The molecular formula is C35H42N4O6. The van der Waals surface area contributed by atoms with Gasteiger partial charge in [0.25, 0.3) is 5.91 Å². The monoisotopic (exact) mass is 614 g/mol. The predicted molar refractivity (Wildman–Crippen MR) is 180 cm³/mol. The lowest BCUT2D eigenvalue weighted by Gasteiger charge is -2.13. The van der Waals surface area contributed by atoms with Crippen LogP contribution in [0.15, 0.2) is 74.8 Å². The Hall–Kier alpha value is -5.38. The summed E-state index contributed by atoms with van der Waals surface area (Å²) in [5.41, 5.74) is 4.48. The molecule has 0 saturated heterocycles. The second kappa shape index (κ2) is 18.3. The fourth-order valence-corrected chi connectivity index (χ4v) is 3.80. The fourth-order valence-electron chi connectivity index (χ4n) is 3.80. The van der Waals surface area contributed by atoms with E-state index in [-0.39, 0.29) is 5.91 Å². The minimum atomic E-state index is -0.356. The molecule has 10 nitrogen and oxygen atoms in total. The molecule has 2 N–H and O–H groups in total. The van der Waals surface area contributed by atoms with Gasteiger partial charge in [-0.25, -0.2) is 9.97 Å². The van der Waals surface area contributed by atoms with Crippen molar-refractivity contribution in [2.75, 3.05) is 44.1 Å². The molecule has 0 atom stereocenters. The maximum absolute atomic E-state index is 12.5. The standard InChI is InChI=1S/C21H22N2O4.C14H20N2O2/c1-5-26-14(3)19-11-18(12-20(23-19)15(4)27-6-2)22-21(25)17-9-7-8-16(10-17)13-24;1-6-17-10(3)13-8-12(15-5)9-14(16-13)11(4)18-7-2/h7-13H,3-6H2,1-2H3,(H,22,23,25);8-9H,3-4,6-7H2,1-2,5H3,(H,15,16). The Labute approximate surface area is 265 Å².